The molecule has 0 atom stereocenters. The quantitative estimate of drug-likeness (QED) is 0.516. The van der Waals surface area contributed by atoms with Gasteiger partial charge in [-0.15, -0.1) is 0 Å². The van der Waals surface area contributed by atoms with E-state index in [1.807, 2.05) is 0 Å². The molecule has 0 aromatic heterocycles. The molecule has 0 nitrogen and oxygen atoms in total. The van der Waals surface area contributed by atoms with Gasteiger partial charge in [0.2, 0.25) is 0 Å². The summed E-state index contributed by atoms with van der Waals surface area (Å²) < 4.78 is 0. The van der Waals surface area contributed by atoms with Crippen LogP contribution in [-0.2, 0) is 6.42 Å². The maximum absolute atomic E-state index is 2.43. The molecular weight excluding hydrogens is 319 g/mol. The SMILES string of the molecule is C1=C(CCCP(c2ccccc2)c2ccccc2)c2ccccc2C1. The van der Waals surface area contributed by atoms with Crippen molar-refractivity contribution in [2.45, 2.75) is 19.3 Å². The second kappa shape index (κ2) is 7.81. The van der Waals surface area contributed by atoms with Gasteiger partial charge in [-0.2, -0.15) is 0 Å². The van der Waals surface area contributed by atoms with E-state index in [-0.39, 0.29) is 7.92 Å². The summed E-state index contributed by atoms with van der Waals surface area (Å²) in [7, 11) is -0.266. The minimum absolute atomic E-state index is 0.266. The fourth-order valence-corrected chi connectivity index (χ4v) is 6.00. The molecule has 1 aliphatic carbocycles. The summed E-state index contributed by atoms with van der Waals surface area (Å²) in [4.78, 5) is 0. The van der Waals surface area contributed by atoms with E-state index >= 15 is 0 Å². The van der Waals surface area contributed by atoms with Crippen molar-refractivity contribution in [3.63, 3.8) is 0 Å². The maximum atomic E-state index is 2.43. The van der Waals surface area contributed by atoms with E-state index in [2.05, 4.69) is 91.0 Å². The number of benzene rings is 3. The van der Waals surface area contributed by atoms with Crippen molar-refractivity contribution in [1.29, 1.82) is 0 Å². The Hall–Kier alpha value is -2.17. The smallest absolute Gasteiger partial charge is 0.00854 e. The van der Waals surface area contributed by atoms with Gasteiger partial charge < -0.3 is 0 Å². The summed E-state index contributed by atoms with van der Waals surface area (Å²) in [6.45, 7) is 0. The van der Waals surface area contributed by atoms with E-state index < -0.39 is 0 Å². The third kappa shape index (κ3) is 3.75. The zero-order valence-electron chi connectivity index (χ0n) is 14.4. The number of fused-ring (bicyclic) bond motifs is 1. The Morgan fingerprint density at radius 2 is 1.28 bits per heavy atom. The average molecular weight is 342 g/mol. The second-order valence-electron chi connectivity index (χ2n) is 6.52. The van der Waals surface area contributed by atoms with E-state index in [9.17, 15) is 0 Å². The standard InChI is InChI=1S/C24H23P/c1-3-12-22(13-4-1)25(23-14-5-2-6-15-23)19-9-11-21-18-17-20-10-7-8-16-24(20)21/h1-8,10,12-16,18H,9,11,17,19H2. The molecule has 3 aromatic carbocycles. The van der Waals surface area contributed by atoms with Gasteiger partial charge in [-0.3, -0.25) is 0 Å². The van der Waals surface area contributed by atoms with Crippen LogP contribution in [0, 0.1) is 0 Å². The van der Waals surface area contributed by atoms with Crippen molar-refractivity contribution in [1.82, 2.24) is 0 Å². The van der Waals surface area contributed by atoms with Crippen LogP contribution in [0.5, 0.6) is 0 Å². The lowest BCUT2D eigenvalue weighted by molar-refractivity contribution is 0.985. The molecule has 0 spiro atoms. The summed E-state index contributed by atoms with van der Waals surface area (Å²) in [6, 6.07) is 30.9. The molecule has 4 rings (SSSR count). The molecule has 3 aromatic rings. The van der Waals surface area contributed by atoms with Crippen molar-refractivity contribution < 1.29 is 0 Å². The Morgan fingerprint density at radius 1 is 0.680 bits per heavy atom. The first-order chi connectivity index (χ1) is 12.4. The van der Waals surface area contributed by atoms with Crippen LogP contribution in [0.1, 0.15) is 24.0 Å². The highest BCUT2D eigenvalue weighted by Gasteiger charge is 2.16. The highest BCUT2D eigenvalue weighted by Crippen LogP contribution is 2.37. The minimum Gasteiger partial charge on any atom is -0.0763 e. The normalized spacial score (nSPS) is 12.9. The Labute approximate surface area is 152 Å². The van der Waals surface area contributed by atoms with E-state index in [1.165, 1.54) is 40.7 Å². The van der Waals surface area contributed by atoms with Gasteiger partial charge in [0.25, 0.3) is 0 Å². The number of hydrogen-bond acceptors (Lipinski definition) is 0. The van der Waals surface area contributed by atoms with Crippen molar-refractivity contribution in [3.8, 4) is 0 Å². The van der Waals surface area contributed by atoms with E-state index in [0.29, 0.717) is 0 Å². The molecule has 0 N–H and O–H groups in total. The van der Waals surface area contributed by atoms with Gasteiger partial charge in [-0.05, 0) is 60.7 Å². The van der Waals surface area contributed by atoms with Gasteiger partial charge in [0.1, 0.15) is 0 Å². The van der Waals surface area contributed by atoms with Crippen molar-refractivity contribution in [2.24, 2.45) is 0 Å². The Morgan fingerprint density at radius 3 is 1.96 bits per heavy atom. The first-order valence-electron chi connectivity index (χ1n) is 9.07. The van der Waals surface area contributed by atoms with Crippen LogP contribution in [0.2, 0.25) is 0 Å². The highest BCUT2D eigenvalue weighted by molar-refractivity contribution is 7.73. The third-order valence-electron chi connectivity index (χ3n) is 4.90. The van der Waals surface area contributed by atoms with E-state index in [4.69, 9.17) is 0 Å². The summed E-state index contributed by atoms with van der Waals surface area (Å²) in [5.41, 5.74) is 4.52. The lowest BCUT2D eigenvalue weighted by Gasteiger charge is -2.19. The largest absolute Gasteiger partial charge is 0.0763 e. The Bertz CT molecular complexity index is 810. The lowest BCUT2D eigenvalue weighted by Crippen LogP contribution is -2.13. The van der Waals surface area contributed by atoms with E-state index in [1.54, 1.807) is 5.57 Å². The molecule has 0 saturated heterocycles. The number of rotatable bonds is 6. The fraction of sp³-hybridized carbons (Fsp3) is 0.167. The lowest BCUT2D eigenvalue weighted by atomic mass is 10.0. The first kappa shape index (κ1) is 16.3. The van der Waals surface area contributed by atoms with Gasteiger partial charge >= 0.3 is 0 Å². The predicted molar refractivity (Wildman–Crippen MR) is 111 cm³/mol. The Kier molecular flexibility index (Phi) is 5.09. The van der Waals surface area contributed by atoms with Crippen LogP contribution in [0.15, 0.2) is 91.0 Å². The second-order valence-corrected chi connectivity index (χ2v) is 8.85. The molecule has 0 bridgehead atoms. The average Bonchev–Trinajstić information content (AvgIpc) is 3.10. The van der Waals surface area contributed by atoms with Crippen LogP contribution < -0.4 is 10.6 Å². The molecular formula is C24H23P. The van der Waals surface area contributed by atoms with Crippen molar-refractivity contribution >= 4 is 24.1 Å². The van der Waals surface area contributed by atoms with E-state index in [0.717, 1.165) is 6.42 Å². The van der Waals surface area contributed by atoms with Crippen molar-refractivity contribution in [3.05, 3.63) is 102 Å². The molecule has 0 fully saturated rings. The summed E-state index contributed by atoms with van der Waals surface area (Å²) in [5, 5.41) is 2.98. The highest BCUT2D eigenvalue weighted by atomic mass is 31.1. The molecule has 0 aliphatic heterocycles. The number of allylic oxidation sites excluding steroid dienone is 2. The monoisotopic (exact) mass is 342 g/mol. The van der Waals surface area contributed by atoms with Crippen LogP contribution in [-0.4, -0.2) is 6.16 Å². The Balaban J connectivity index is 1.47. The van der Waals surface area contributed by atoms with Gasteiger partial charge in [0.15, 0.2) is 0 Å². The van der Waals surface area contributed by atoms with Crippen LogP contribution >= 0.6 is 7.92 Å². The van der Waals surface area contributed by atoms with Crippen LogP contribution in [0.3, 0.4) is 0 Å². The zero-order chi connectivity index (χ0) is 16.9. The molecule has 124 valence electrons. The summed E-state index contributed by atoms with van der Waals surface area (Å²) in [6.07, 6.45) is 7.23. The number of hydrogen-bond donors (Lipinski definition) is 0. The summed E-state index contributed by atoms with van der Waals surface area (Å²) >= 11 is 0. The molecule has 0 amide bonds. The van der Waals surface area contributed by atoms with Gasteiger partial charge in [0.05, 0.1) is 0 Å². The van der Waals surface area contributed by atoms with Crippen molar-refractivity contribution in [2.75, 3.05) is 6.16 Å². The summed E-state index contributed by atoms with van der Waals surface area (Å²) in [5.74, 6) is 0. The maximum Gasteiger partial charge on any atom is -0.00854 e. The molecule has 25 heavy (non-hydrogen) atoms. The topological polar surface area (TPSA) is 0 Å². The molecule has 0 unspecified atom stereocenters. The molecule has 0 radical (unpaired) electrons. The van der Waals surface area contributed by atoms with Crippen LogP contribution in [0.25, 0.3) is 5.57 Å². The zero-order valence-corrected chi connectivity index (χ0v) is 15.3. The predicted octanol–water partition coefficient (Wildman–Crippen LogP) is 5.54. The molecule has 1 aliphatic rings. The molecule has 1 heteroatoms. The first-order valence-corrected chi connectivity index (χ1v) is 10.6. The van der Waals surface area contributed by atoms with Gasteiger partial charge in [0, 0.05) is 0 Å². The van der Waals surface area contributed by atoms with Gasteiger partial charge in [-0.1, -0.05) is 91.0 Å². The van der Waals surface area contributed by atoms with Crippen LogP contribution in [0.4, 0.5) is 0 Å². The minimum atomic E-state index is -0.266. The molecule has 0 heterocycles. The van der Waals surface area contributed by atoms with Gasteiger partial charge in [-0.25, -0.2) is 0 Å². The third-order valence-corrected chi connectivity index (χ3v) is 7.50. The molecule has 0 saturated carbocycles. The fourth-order valence-electron chi connectivity index (χ4n) is 3.64.